The fraction of sp³-hybridized carbons (Fsp3) is 0.304. The van der Waals surface area contributed by atoms with Crippen molar-refractivity contribution in [2.45, 2.75) is 32.2 Å². The lowest BCUT2D eigenvalue weighted by atomic mass is 9.90. The van der Waals surface area contributed by atoms with E-state index in [1.165, 1.54) is 0 Å². The minimum absolute atomic E-state index is 0.0524. The van der Waals surface area contributed by atoms with Gasteiger partial charge in [0.25, 0.3) is 0 Å². The molecule has 1 amide bonds. The number of piperidine rings is 1. The monoisotopic (exact) mass is 413 g/mol. The molecule has 8 heteroatoms. The van der Waals surface area contributed by atoms with Crippen molar-refractivity contribution in [2.24, 2.45) is 0 Å². The third-order valence-corrected chi connectivity index (χ3v) is 5.80. The average molecular weight is 413 g/mol. The van der Waals surface area contributed by atoms with E-state index in [9.17, 15) is 4.79 Å². The maximum Gasteiger partial charge on any atom is 0.244 e. The fourth-order valence-corrected chi connectivity index (χ4v) is 4.24. The molecule has 0 aliphatic carbocycles. The molecule has 1 aliphatic rings. The maximum atomic E-state index is 13.1. The van der Waals surface area contributed by atoms with Crippen molar-refractivity contribution in [1.29, 1.82) is 0 Å². The number of benzene rings is 1. The van der Waals surface area contributed by atoms with Crippen LogP contribution in [-0.4, -0.2) is 53.8 Å². The lowest BCUT2D eigenvalue weighted by Crippen LogP contribution is -2.41. The van der Waals surface area contributed by atoms with E-state index in [1.54, 1.807) is 17.1 Å². The number of hydrogen-bond donors (Lipinski definition) is 0. The van der Waals surface area contributed by atoms with Crippen molar-refractivity contribution in [2.75, 3.05) is 13.1 Å². The molecule has 1 unspecified atom stereocenters. The summed E-state index contributed by atoms with van der Waals surface area (Å²) in [5.41, 5.74) is 4.72. The predicted octanol–water partition coefficient (Wildman–Crippen LogP) is 3.00. The Kier molecular flexibility index (Phi) is 5.11. The Hall–Kier alpha value is -3.68. The molecule has 0 bridgehead atoms. The van der Waals surface area contributed by atoms with Crippen LogP contribution in [-0.2, 0) is 11.3 Å². The molecule has 1 aromatic carbocycles. The van der Waals surface area contributed by atoms with Gasteiger partial charge in [0, 0.05) is 43.2 Å². The first-order chi connectivity index (χ1) is 15.2. The number of pyridine rings is 1. The molecule has 0 N–H and O–H groups in total. The van der Waals surface area contributed by atoms with Crippen LogP contribution in [0.4, 0.5) is 0 Å². The van der Waals surface area contributed by atoms with Crippen LogP contribution in [0.1, 0.15) is 30.3 Å². The largest absolute Gasteiger partial charge is 0.340 e. The Morgan fingerprint density at radius 3 is 2.87 bits per heavy atom. The minimum Gasteiger partial charge on any atom is -0.340 e. The van der Waals surface area contributed by atoms with Crippen molar-refractivity contribution in [3.8, 4) is 11.1 Å². The topological polar surface area (TPSA) is 89.7 Å². The van der Waals surface area contributed by atoms with Gasteiger partial charge in [-0.1, -0.05) is 17.3 Å². The second kappa shape index (κ2) is 8.22. The highest BCUT2D eigenvalue weighted by molar-refractivity contribution is 5.80. The SMILES string of the molecule is Cc1ncc(-c2ccncc2)c(C2CCCN(C(=O)Cn3nnc4ccccc43)C2)n1. The van der Waals surface area contributed by atoms with E-state index < -0.39 is 0 Å². The van der Waals surface area contributed by atoms with Gasteiger partial charge in [-0.05, 0) is 49.6 Å². The quantitative estimate of drug-likeness (QED) is 0.511. The summed E-state index contributed by atoms with van der Waals surface area (Å²) < 4.78 is 1.68. The molecular formula is C23H23N7O. The number of amides is 1. The summed E-state index contributed by atoms with van der Waals surface area (Å²) in [6.07, 6.45) is 7.36. The van der Waals surface area contributed by atoms with Crippen molar-refractivity contribution in [1.82, 2.24) is 34.8 Å². The second-order valence-corrected chi connectivity index (χ2v) is 7.87. The van der Waals surface area contributed by atoms with E-state index in [0.29, 0.717) is 6.54 Å². The normalized spacial score (nSPS) is 16.5. The number of para-hydroxylation sites is 1. The van der Waals surface area contributed by atoms with Gasteiger partial charge in [0.05, 0.1) is 11.2 Å². The molecule has 4 aromatic rings. The zero-order chi connectivity index (χ0) is 21.2. The summed E-state index contributed by atoms with van der Waals surface area (Å²) in [5.74, 6) is 0.956. The van der Waals surface area contributed by atoms with Crippen molar-refractivity contribution >= 4 is 16.9 Å². The first kappa shape index (κ1) is 19.3. The first-order valence-electron chi connectivity index (χ1n) is 10.5. The lowest BCUT2D eigenvalue weighted by molar-refractivity contribution is -0.133. The third kappa shape index (κ3) is 3.88. The number of nitrogens with zero attached hydrogens (tertiary/aromatic N) is 7. The molecule has 0 radical (unpaired) electrons. The highest BCUT2D eigenvalue weighted by Gasteiger charge is 2.28. The van der Waals surface area contributed by atoms with E-state index >= 15 is 0 Å². The summed E-state index contributed by atoms with van der Waals surface area (Å²) in [6, 6.07) is 11.6. The number of fused-ring (bicyclic) bond motifs is 1. The van der Waals surface area contributed by atoms with Crippen molar-refractivity contribution < 1.29 is 4.79 Å². The van der Waals surface area contributed by atoms with Gasteiger partial charge in [0.15, 0.2) is 0 Å². The van der Waals surface area contributed by atoms with E-state index in [1.807, 2.05) is 54.4 Å². The van der Waals surface area contributed by atoms with Crippen molar-refractivity contribution in [3.63, 3.8) is 0 Å². The molecule has 0 spiro atoms. The van der Waals surface area contributed by atoms with Crippen LogP contribution in [0.2, 0.25) is 0 Å². The Bertz CT molecular complexity index is 1220. The highest BCUT2D eigenvalue weighted by Crippen LogP contribution is 2.33. The van der Waals surface area contributed by atoms with E-state index in [4.69, 9.17) is 4.98 Å². The zero-order valence-electron chi connectivity index (χ0n) is 17.3. The number of likely N-dealkylation sites (tertiary alicyclic amines) is 1. The summed E-state index contributed by atoms with van der Waals surface area (Å²) in [7, 11) is 0. The molecule has 4 heterocycles. The molecule has 1 fully saturated rings. The minimum atomic E-state index is 0.0524. The molecule has 1 atom stereocenters. The van der Waals surface area contributed by atoms with Crippen LogP contribution < -0.4 is 0 Å². The molecule has 5 rings (SSSR count). The van der Waals surface area contributed by atoms with E-state index in [-0.39, 0.29) is 18.4 Å². The smallest absolute Gasteiger partial charge is 0.244 e. The van der Waals surface area contributed by atoms with Gasteiger partial charge < -0.3 is 4.90 Å². The van der Waals surface area contributed by atoms with Crippen LogP contribution in [0.25, 0.3) is 22.2 Å². The molecule has 0 saturated carbocycles. The number of aryl methyl sites for hydroxylation is 1. The molecule has 1 saturated heterocycles. The van der Waals surface area contributed by atoms with Crippen LogP contribution in [0.3, 0.4) is 0 Å². The van der Waals surface area contributed by atoms with Gasteiger partial charge in [0.1, 0.15) is 17.9 Å². The number of rotatable bonds is 4. The Balaban J connectivity index is 1.38. The number of hydrogen-bond acceptors (Lipinski definition) is 6. The predicted molar refractivity (Wildman–Crippen MR) is 116 cm³/mol. The van der Waals surface area contributed by atoms with Gasteiger partial charge >= 0.3 is 0 Å². The van der Waals surface area contributed by atoms with E-state index in [2.05, 4.69) is 20.3 Å². The fourth-order valence-electron chi connectivity index (χ4n) is 4.24. The summed E-state index contributed by atoms with van der Waals surface area (Å²) >= 11 is 0. The number of aromatic nitrogens is 6. The summed E-state index contributed by atoms with van der Waals surface area (Å²) in [6.45, 7) is 3.48. The Labute approximate surface area is 180 Å². The highest BCUT2D eigenvalue weighted by atomic mass is 16.2. The Morgan fingerprint density at radius 2 is 2.00 bits per heavy atom. The van der Waals surface area contributed by atoms with E-state index in [0.717, 1.165) is 53.1 Å². The second-order valence-electron chi connectivity index (χ2n) is 7.87. The molecule has 8 nitrogen and oxygen atoms in total. The molecule has 1 aliphatic heterocycles. The Morgan fingerprint density at radius 1 is 1.16 bits per heavy atom. The van der Waals surface area contributed by atoms with Gasteiger partial charge in [-0.3, -0.25) is 9.78 Å². The molecule has 156 valence electrons. The third-order valence-electron chi connectivity index (χ3n) is 5.80. The molecule has 31 heavy (non-hydrogen) atoms. The standard InChI is InChI=1S/C23H23N7O/c1-16-25-13-19(17-8-10-24-11-9-17)23(26-16)18-5-4-12-29(14-18)22(31)15-30-21-7-3-2-6-20(21)27-28-30/h2-3,6-11,13,18H,4-5,12,14-15H2,1H3. The zero-order valence-corrected chi connectivity index (χ0v) is 17.3. The summed E-state index contributed by atoms with van der Waals surface area (Å²) in [5, 5.41) is 8.32. The number of carbonyl (C=O) groups excluding carboxylic acids is 1. The lowest BCUT2D eigenvalue weighted by Gasteiger charge is -2.33. The van der Waals surface area contributed by atoms with Crippen molar-refractivity contribution in [3.05, 3.63) is 66.5 Å². The van der Waals surface area contributed by atoms with Crippen LogP contribution >= 0.6 is 0 Å². The summed E-state index contributed by atoms with van der Waals surface area (Å²) in [4.78, 5) is 28.3. The van der Waals surface area contributed by atoms with Crippen LogP contribution in [0, 0.1) is 6.92 Å². The maximum absolute atomic E-state index is 13.1. The molecular weight excluding hydrogens is 390 g/mol. The van der Waals surface area contributed by atoms with Gasteiger partial charge in [-0.15, -0.1) is 5.10 Å². The first-order valence-corrected chi connectivity index (χ1v) is 10.5. The van der Waals surface area contributed by atoms with Crippen LogP contribution in [0.5, 0.6) is 0 Å². The molecule has 3 aromatic heterocycles. The van der Waals surface area contributed by atoms with Gasteiger partial charge in [-0.25, -0.2) is 14.6 Å². The average Bonchev–Trinajstić information content (AvgIpc) is 3.22. The van der Waals surface area contributed by atoms with Gasteiger partial charge in [0.2, 0.25) is 5.91 Å². The number of carbonyl (C=O) groups is 1. The van der Waals surface area contributed by atoms with Gasteiger partial charge in [-0.2, -0.15) is 0 Å². The van der Waals surface area contributed by atoms with Crippen LogP contribution in [0.15, 0.2) is 55.0 Å².